The van der Waals surface area contributed by atoms with Gasteiger partial charge in [0, 0.05) is 5.69 Å². The number of carbonyl (C=O) groups excluding carboxylic acids is 1. The number of aliphatic hydroxyl groups is 1. The maximum atomic E-state index is 12.9. The summed E-state index contributed by atoms with van der Waals surface area (Å²) in [7, 11) is -3.39. The number of urea groups is 1. The highest BCUT2D eigenvalue weighted by Gasteiger charge is 2.30. The number of nitrogens with one attached hydrogen (secondary N) is 1. The molecular formula is C21H27N3O3S2. The zero-order valence-electron chi connectivity index (χ0n) is 16.9. The molecule has 6 nitrogen and oxygen atoms in total. The lowest BCUT2D eigenvalue weighted by molar-refractivity contribution is 0.0789. The molecule has 0 bridgehead atoms. The third-order valence-electron chi connectivity index (χ3n) is 5.74. The second-order valence-corrected chi connectivity index (χ2v) is 11.5. The fourth-order valence-electron chi connectivity index (χ4n) is 3.95. The first kappa shape index (κ1) is 20.5. The summed E-state index contributed by atoms with van der Waals surface area (Å²) < 4.78 is 17.0. The van der Waals surface area contributed by atoms with Crippen molar-refractivity contribution in [3.8, 4) is 0 Å². The third kappa shape index (κ3) is 4.12. The first-order chi connectivity index (χ1) is 13.6. The topological polar surface area (TPSA) is 105 Å². The molecule has 1 saturated carbocycles. The van der Waals surface area contributed by atoms with Crippen molar-refractivity contribution in [2.45, 2.75) is 68.6 Å². The average molecular weight is 434 g/mol. The van der Waals surface area contributed by atoms with Crippen molar-refractivity contribution < 1.29 is 14.1 Å². The molecule has 2 amide bonds. The number of nitrogens with zero attached hydrogens (tertiary/aromatic N) is 1. The molecule has 4 N–H and O–H groups in total. The Hall–Kier alpha value is -1.74. The third-order valence-corrected chi connectivity index (χ3v) is 8.60. The van der Waals surface area contributed by atoms with E-state index in [4.69, 9.17) is 5.14 Å². The van der Waals surface area contributed by atoms with E-state index in [1.165, 1.54) is 29.5 Å². The summed E-state index contributed by atoms with van der Waals surface area (Å²) >= 11 is 1.14. The minimum Gasteiger partial charge on any atom is -0.386 e. The molecule has 2 aliphatic rings. The Bertz CT molecular complexity index is 1100. The minimum atomic E-state index is -3.39. The number of benzene rings is 1. The van der Waals surface area contributed by atoms with Crippen LogP contribution in [0, 0.1) is 6.92 Å². The first-order valence-electron chi connectivity index (χ1n) is 9.89. The van der Waals surface area contributed by atoms with E-state index >= 15 is 0 Å². The highest BCUT2D eigenvalue weighted by Crippen LogP contribution is 2.46. The molecule has 0 spiro atoms. The van der Waals surface area contributed by atoms with Crippen molar-refractivity contribution in [2.24, 2.45) is 9.50 Å². The molecule has 29 heavy (non-hydrogen) atoms. The van der Waals surface area contributed by atoms with Gasteiger partial charge in [0.05, 0.1) is 5.60 Å². The summed E-state index contributed by atoms with van der Waals surface area (Å²) in [5.41, 5.74) is 5.19. The molecule has 4 rings (SSSR count). The lowest BCUT2D eigenvalue weighted by Crippen LogP contribution is -2.18. The maximum absolute atomic E-state index is 12.9. The SMILES string of the molecule is Cc1c(C2CC2)cc2c(c1NC(=O)N=[S@](N)(=O)c1cc(C(C)(C)O)cs1)CCC2. The molecule has 1 fully saturated rings. The Morgan fingerprint density at radius 1 is 1.34 bits per heavy atom. The van der Waals surface area contributed by atoms with Crippen molar-refractivity contribution in [3.63, 3.8) is 0 Å². The van der Waals surface area contributed by atoms with Crippen LogP contribution in [0.5, 0.6) is 0 Å². The number of hydrogen-bond acceptors (Lipinski definition) is 4. The second kappa shape index (κ2) is 7.19. The summed E-state index contributed by atoms with van der Waals surface area (Å²) in [5, 5.41) is 20.6. The standard InChI is InChI=1S/C21H27N3O3S2/c1-12-17(13-7-8-13)9-14-5-4-6-16(14)19(12)23-20(25)24-29(22,27)18-10-15(11-28-18)21(2,3)26/h9-11,13,26H,4-8H2,1-3H3,(H3,22,23,24,25,27)/t29-/m0/s1. The molecule has 2 aromatic rings. The lowest BCUT2D eigenvalue weighted by atomic mass is 9.95. The average Bonchev–Trinajstić information content (AvgIpc) is 3.13. The van der Waals surface area contributed by atoms with Gasteiger partial charge in [-0.15, -0.1) is 15.7 Å². The van der Waals surface area contributed by atoms with Gasteiger partial charge in [-0.05, 0) is 98.1 Å². The van der Waals surface area contributed by atoms with Gasteiger partial charge in [-0.25, -0.2) is 14.1 Å². The van der Waals surface area contributed by atoms with Gasteiger partial charge >= 0.3 is 6.03 Å². The molecule has 8 heteroatoms. The molecular weight excluding hydrogens is 406 g/mol. The summed E-state index contributed by atoms with van der Waals surface area (Å²) in [6, 6.07) is 3.17. The number of anilines is 1. The summed E-state index contributed by atoms with van der Waals surface area (Å²) in [5.74, 6) is 0.582. The molecule has 0 unspecified atom stereocenters. The van der Waals surface area contributed by atoms with Gasteiger partial charge in [0.2, 0.25) is 0 Å². The van der Waals surface area contributed by atoms with Crippen LogP contribution >= 0.6 is 11.3 Å². The van der Waals surface area contributed by atoms with Crippen LogP contribution in [0.25, 0.3) is 0 Å². The van der Waals surface area contributed by atoms with Crippen molar-refractivity contribution in [3.05, 3.63) is 45.3 Å². The number of rotatable bonds is 4. The van der Waals surface area contributed by atoms with Crippen LogP contribution < -0.4 is 10.5 Å². The predicted octanol–water partition coefficient (Wildman–Crippen LogP) is 4.58. The van der Waals surface area contributed by atoms with Gasteiger partial charge in [-0.2, -0.15) is 0 Å². The maximum Gasteiger partial charge on any atom is 0.354 e. The van der Waals surface area contributed by atoms with Crippen molar-refractivity contribution in [2.75, 3.05) is 5.32 Å². The molecule has 1 atom stereocenters. The molecule has 0 radical (unpaired) electrons. The molecule has 1 aromatic heterocycles. The van der Waals surface area contributed by atoms with Crippen LogP contribution in [0.4, 0.5) is 10.5 Å². The summed E-state index contributed by atoms with van der Waals surface area (Å²) in [6.07, 6.45) is 5.41. The number of amides is 2. The first-order valence-corrected chi connectivity index (χ1v) is 12.3. The number of hydrogen-bond donors (Lipinski definition) is 3. The molecule has 0 aliphatic heterocycles. The van der Waals surface area contributed by atoms with Crippen LogP contribution in [0.15, 0.2) is 26.1 Å². The molecule has 1 aromatic carbocycles. The van der Waals surface area contributed by atoms with Gasteiger partial charge in [0.1, 0.15) is 4.21 Å². The lowest BCUT2D eigenvalue weighted by Gasteiger charge is -2.17. The van der Waals surface area contributed by atoms with E-state index in [0.29, 0.717) is 11.5 Å². The fraction of sp³-hybridized carbons (Fsp3) is 0.476. The molecule has 1 heterocycles. The van der Waals surface area contributed by atoms with Crippen LogP contribution in [0.2, 0.25) is 0 Å². The van der Waals surface area contributed by atoms with Crippen LogP contribution in [0.1, 0.15) is 66.8 Å². The second-order valence-electron chi connectivity index (χ2n) is 8.53. The van der Waals surface area contributed by atoms with E-state index in [1.54, 1.807) is 25.3 Å². The van der Waals surface area contributed by atoms with Crippen LogP contribution in [-0.2, 0) is 28.4 Å². The largest absolute Gasteiger partial charge is 0.386 e. The van der Waals surface area contributed by atoms with Crippen LogP contribution in [0.3, 0.4) is 0 Å². The molecule has 156 valence electrons. The Kier molecular flexibility index (Phi) is 5.09. The zero-order valence-corrected chi connectivity index (χ0v) is 18.6. The van der Waals surface area contributed by atoms with Gasteiger partial charge in [-0.1, -0.05) is 6.07 Å². The Morgan fingerprint density at radius 3 is 2.69 bits per heavy atom. The summed E-state index contributed by atoms with van der Waals surface area (Å²) in [6.45, 7) is 5.31. The molecule has 0 saturated heterocycles. The quantitative estimate of drug-likeness (QED) is 0.657. The van der Waals surface area contributed by atoms with E-state index < -0.39 is 21.5 Å². The van der Waals surface area contributed by atoms with Crippen molar-refractivity contribution in [1.29, 1.82) is 0 Å². The number of carbonyl (C=O) groups is 1. The minimum absolute atomic E-state index is 0.276. The Morgan fingerprint density at radius 2 is 2.07 bits per heavy atom. The van der Waals surface area contributed by atoms with Crippen LogP contribution in [-0.4, -0.2) is 15.3 Å². The van der Waals surface area contributed by atoms with E-state index in [9.17, 15) is 14.1 Å². The molecule has 2 aliphatic carbocycles. The number of fused-ring (bicyclic) bond motifs is 1. The fourth-order valence-corrected chi connectivity index (χ4v) is 6.23. The van der Waals surface area contributed by atoms with Gasteiger partial charge in [0.25, 0.3) is 0 Å². The van der Waals surface area contributed by atoms with Gasteiger partial charge < -0.3 is 10.4 Å². The van der Waals surface area contributed by atoms with Crippen molar-refractivity contribution >= 4 is 33.0 Å². The Balaban J connectivity index is 1.65. The van der Waals surface area contributed by atoms with E-state index in [0.717, 1.165) is 41.9 Å². The monoisotopic (exact) mass is 433 g/mol. The predicted molar refractivity (Wildman–Crippen MR) is 117 cm³/mol. The number of nitrogens with two attached hydrogens (primary N) is 1. The van der Waals surface area contributed by atoms with E-state index in [2.05, 4.69) is 15.7 Å². The van der Waals surface area contributed by atoms with E-state index in [1.807, 2.05) is 6.92 Å². The highest BCUT2D eigenvalue weighted by molar-refractivity contribution is 7.93. The number of thiophene rings is 1. The van der Waals surface area contributed by atoms with Gasteiger partial charge in [0.15, 0.2) is 9.92 Å². The van der Waals surface area contributed by atoms with E-state index in [-0.39, 0.29) is 4.21 Å². The van der Waals surface area contributed by atoms with Crippen molar-refractivity contribution in [1.82, 2.24) is 0 Å². The van der Waals surface area contributed by atoms with Gasteiger partial charge in [-0.3, -0.25) is 0 Å². The zero-order chi connectivity index (χ0) is 21.0. The normalized spacial score (nSPS) is 18.2. The Labute approximate surface area is 175 Å². The number of aryl methyl sites for hydroxylation is 1. The summed E-state index contributed by atoms with van der Waals surface area (Å²) in [4.78, 5) is 12.7. The smallest absolute Gasteiger partial charge is 0.354 e. The highest BCUT2D eigenvalue weighted by atomic mass is 32.2.